The molecule has 0 aliphatic heterocycles. The van der Waals surface area contributed by atoms with E-state index in [4.69, 9.17) is 4.52 Å². The molecule has 0 radical (unpaired) electrons. The highest BCUT2D eigenvalue weighted by molar-refractivity contribution is 5.74. The molecule has 2 heterocycles. The van der Waals surface area contributed by atoms with Crippen LogP contribution >= 0.6 is 0 Å². The van der Waals surface area contributed by atoms with Crippen LogP contribution in [0.1, 0.15) is 37.2 Å². The fourth-order valence-electron chi connectivity index (χ4n) is 2.70. The Hall–Kier alpha value is -3.16. The van der Waals surface area contributed by atoms with E-state index in [-0.39, 0.29) is 6.03 Å². The average molecular weight is 368 g/mol. The summed E-state index contributed by atoms with van der Waals surface area (Å²) in [6, 6.07) is 7.26. The number of urea groups is 1. The van der Waals surface area contributed by atoms with Crippen molar-refractivity contribution in [1.29, 1.82) is 0 Å². The third-order valence-corrected chi connectivity index (χ3v) is 4.35. The van der Waals surface area contributed by atoms with Crippen LogP contribution in [0.15, 0.2) is 41.2 Å². The second-order valence-electron chi connectivity index (χ2n) is 6.47. The minimum absolute atomic E-state index is 0.205. The summed E-state index contributed by atoms with van der Waals surface area (Å²) in [6.07, 6.45) is 3.57. The van der Waals surface area contributed by atoms with Crippen molar-refractivity contribution in [2.45, 2.75) is 33.4 Å². The first-order valence-corrected chi connectivity index (χ1v) is 8.90. The first kappa shape index (κ1) is 18.6. The lowest BCUT2D eigenvalue weighted by Crippen LogP contribution is -2.41. The maximum Gasteiger partial charge on any atom is 0.318 e. The molecule has 0 aliphatic rings. The molecule has 0 unspecified atom stereocenters. The van der Waals surface area contributed by atoms with E-state index in [2.05, 4.69) is 20.4 Å². The van der Waals surface area contributed by atoms with Crippen LogP contribution in [0.5, 0.6) is 0 Å². The van der Waals surface area contributed by atoms with Gasteiger partial charge in [0.2, 0.25) is 11.7 Å². The van der Waals surface area contributed by atoms with Crippen molar-refractivity contribution in [3.05, 3.63) is 53.9 Å². The van der Waals surface area contributed by atoms with Crippen LogP contribution in [-0.4, -0.2) is 37.2 Å². The Bertz CT molecular complexity index is 916. The van der Waals surface area contributed by atoms with Gasteiger partial charge in [0.1, 0.15) is 11.9 Å². The van der Waals surface area contributed by atoms with Crippen molar-refractivity contribution < 1.29 is 9.32 Å². The van der Waals surface area contributed by atoms with Crippen LogP contribution in [0.2, 0.25) is 0 Å². The van der Waals surface area contributed by atoms with E-state index < -0.39 is 6.04 Å². The van der Waals surface area contributed by atoms with Crippen molar-refractivity contribution in [2.75, 3.05) is 6.54 Å². The predicted octanol–water partition coefficient (Wildman–Crippen LogP) is 3.07. The zero-order valence-electron chi connectivity index (χ0n) is 16.0. The van der Waals surface area contributed by atoms with E-state index in [0.717, 1.165) is 17.0 Å². The van der Waals surface area contributed by atoms with Crippen molar-refractivity contribution in [3.63, 3.8) is 0 Å². The zero-order valence-corrected chi connectivity index (χ0v) is 16.0. The van der Waals surface area contributed by atoms with Gasteiger partial charge in [0, 0.05) is 31.5 Å². The lowest BCUT2D eigenvalue weighted by Gasteiger charge is -2.22. The number of amides is 2. The molecular weight excluding hydrogens is 344 g/mol. The minimum Gasteiger partial charge on any atom is -0.337 e. The number of carbonyl (C=O) groups excluding carboxylic acids is 1. The topological polar surface area (TPSA) is 89.1 Å². The summed E-state index contributed by atoms with van der Waals surface area (Å²) in [6.45, 7) is 6.74. The van der Waals surface area contributed by atoms with Crippen molar-refractivity contribution in [2.24, 2.45) is 7.05 Å². The number of hydrogen-bond acceptors (Lipinski definition) is 5. The van der Waals surface area contributed by atoms with Gasteiger partial charge in [0.25, 0.3) is 0 Å². The van der Waals surface area contributed by atoms with Gasteiger partial charge in [-0.15, -0.1) is 0 Å². The summed E-state index contributed by atoms with van der Waals surface area (Å²) in [5, 5.41) is 6.94. The number of benzene rings is 1. The molecule has 3 rings (SSSR count). The normalized spacial score (nSPS) is 12.0. The SMILES string of the molecule is CCN(Cc1nccn1C)C(=O)N[C@H](C)c1nc(-c2cccc(C)c2)no1. The second kappa shape index (κ2) is 8.03. The lowest BCUT2D eigenvalue weighted by atomic mass is 10.1. The zero-order chi connectivity index (χ0) is 19.4. The number of imidazole rings is 1. The van der Waals surface area contributed by atoms with Gasteiger partial charge in [-0.05, 0) is 26.8 Å². The molecule has 3 aromatic rings. The Morgan fingerprint density at radius 1 is 1.41 bits per heavy atom. The Morgan fingerprint density at radius 3 is 2.89 bits per heavy atom. The number of aryl methyl sites for hydroxylation is 2. The fourth-order valence-corrected chi connectivity index (χ4v) is 2.70. The lowest BCUT2D eigenvalue weighted by molar-refractivity contribution is 0.190. The van der Waals surface area contributed by atoms with E-state index in [1.165, 1.54) is 0 Å². The number of aromatic nitrogens is 4. The van der Waals surface area contributed by atoms with E-state index in [1.54, 1.807) is 11.1 Å². The quantitative estimate of drug-likeness (QED) is 0.722. The molecule has 0 saturated carbocycles. The maximum atomic E-state index is 12.6. The molecule has 1 atom stereocenters. The van der Waals surface area contributed by atoms with E-state index in [0.29, 0.717) is 24.8 Å². The number of nitrogens with one attached hydrogen (secondary N) is 1. The van der Waals surface area contributed by atoms with Gasteiger partial charge in [0.05, 0.1) is 6.54 Å². The molecule has 0 spiro atoms. The molecule has 142 valence electrons. The van der Waals surface area contributed by atoms with Gasteiger partial charge >= 0.3 is 6.03 Å². The summed E-state index contributed by atoms with van der Waals surface area (Å²) in [4.78, 5) is 23.0. The molecule has 2 aromatic heterocycles. The molecule has 0 bridgehead atoms. The van der Waals surface area contributed by atoms with Crippen molar-refractivity contribution in [1.82, 2.24) is 29.9 Å². The van der Waals surface area contributed by atoms with Crippen LogP contribution in [0.25, 0.3) is 11.4 Å². The highest BCUT2D eigenvalue weighted by Crippen LogP contribution is 2.19. The number of hydrogen-bond donors (Lipinski definition) is 1. The number of rotatable bonds is 6. The number of carbonyl (C=O) groups is 1. The highest BCUT2D eigenvalue weighted by atomic mass is 16.5. The molecular formula is C19H24N6O2. The summed E-state index contributed by atoms with van der Waals surface area (Å²) >= 11 is 0. The Balaban J connectivity index is 1.66. The molecule has 0 aliphatic carbocycles. The third kappa shape index (κ3) is 4.33. The standard InChI is InChI=1S/C19H24N6O2/c1-5-25(12-16-20-9-10-24(16)4)19(26)21-14(3)18-22-17(23-27-18)15-8-6-7-13(2)11-15/h6-11,14H,5,12H2,1-4H3,(H,21,26)/t14-/m1/s1. The van der Waals surface area contributed by atoms with Crippen molar-refractivity contribution in [3.8, 4) is 11.4 Å². The monoisotopic (exact) mass is 368 g/mol. The minimum atomic E-state index is -0.404. The van der Waals surface area contributed by atoms with Gasteiger partial charge in [-0.1, -0.05) is 28.9 Å². The first-order chi connectivity index (χ1) is 13.0. The van der Waals surface area contributed by atoms with Crippen LogP contribution in [0.4, 0.5) is 4.79 Å². The number of nitrogens with zero attached hydrogens (tertiary/aromatic N) is 5. The van der Waals surface area contributed by atoms with Gasteiger partial charge in [-0.3, -0.25) is 0 Å². The first-order valence-electron chi connectivity index (χ1n) is 8.90. The van der Waals surface area contributed by atoms with Crippen LogP contribution < -0.4 is 5.32 Å². The maximum absolute atomic E-state index is 12.6. The molecule has 0 fully saturated rings. The molecule has 1 aromatic carbocycles. The largest absolute Gasteiger partial charge is 0.337 e. The Kier molecular flexibility index (Phi) is 5.54. The Labute approximate surface area is 158 Å². The summed E-state index contributed by atoms with van der Waals surface area (Å²) < 4.78 is 7.24. The van der Waals surface area contributed by atoms with E-state index >= 15 is 0 Å². The molecule has 27 heavy (non-hydrogen) atoms. The molecule has 8 nitrogen and oxygen atoms in total. The molecule has 8 heteroatoms. The molecule has 0 saturated heterocycles. The Morgan fingerprint density at radius 2 is 2.22 bits per heavy atom. The third-order valence-electron chi connectivity index (χ3n) is 4.35. The smallest absolute Gasteiger partial charge is 0.318 e. The van der Waals surface area contributed by atoms with Gasteiger partial charge in [0.15, 0.2) is 0 Å². The average Bonchev–Trinajstić information content (AvgIpc) is 3.29. The summed E-state index contributed by atoms with van der Waals surface area (Å²) in [7, 11) is 1.90. The summed E-state index contributed by atoms with van der Waals surface area (Å²) in [5.74, 6) is 1.70. The van der Waals surface area contributed by atoms with Crippen molar-refractivity contribution >= 4 is 6.03 Å². The molecule has 2 amide bonds. The van der Waals surface area contributed by atoms with E-state index in [9.17, 15) is 4.79 Å². The predicted molar refractivity (Wildman–Crippen MR) is 101 cm³/mol. The second-order valence-corrected chi connectivity index (χ2v) is 6.47. The van der Waals surface area contributed by atoms with Crippen LogP contribution in [0, 0.1) is 6.92 Å². The van der Waals surface area contributed by atoms with Gasteiger partial charge in [-0.25, -0.2) is 9.78 Å². The fraction of sp³-hybridized carbons (Fsp3) is 0.368. The van der Waals surface area contributed by atoms with Crippen LogP contribution in [0.3, 0.4) is 0 Å². The van der Waals surface area contributed by atoms with Gasteiger partial charge < -0.3 is 19.3 Å². The van der Waals surface area contributed by atoms with Gasteiger partial charge in [-0.2, -0.15) is 4.98 Å². The van der Waals surface area contributed by atoms with Crippen LogP contribution in [-0.2, 0) is 13.6 Å². The van der Waals surface area contributed by atoms with E-state index in [1.807, 2.05) is 62.8 Å². The summed E-state index contributed by atoms with van der Waals surface area (Å²) in [5.41, 5.74) is 2.00. The molecule has 1 N–H and O–H groups in total. The highest BCUT2D eigenvalue weighted by Gasteiger charge is 2.21.